The summed E-state index contributed by atoms with van der Waals surface area (Å²) < 4.78 is 7.28. The summed E-state index contributed by atoms with van der Waals surface area (Å²) in [5, 5.41) is 14.2. The molecule has 0 saturated carbocycles. The lowest BCUT2D eigenvalue weighted by atomic mass is 9.99. The Balaban J connectivity index is 1.80. The third kappa shape index (κ3) is 3.24. The quantitative estimate of drug-likeness (QED) is 0.455. The van der Waals surface area contributed by atoms with Crippen molar-refractivity contribution in [3.05, 3.63) is 77.8 Å². The number of oxazole rings is 1. The number of aromatic nitrogens is 6. The van der Waals surface area contributed by atoms with Crippen LogP contribution in [0.15, 0.2) is 59.5 Å². The molecule has 0 atom stereocenters. The van der Waals surface area contributed by atoms with Crippen LogP contribution in [0.5, 0.6) is 0 Å². The van der Waals surface area contributed by atoms with Crippen molar-refractivity contribution in [2.24, 2.45) is 0 Å². The molecule has 32 heavy (non-hydrogen) atoms. The van der Waals surface area contributed by atoms with Crippen LogP contribution < -0.4 is 5.73 Å². The summed E-state index contributed by atoms with van der Waals surface area (Å²) in [6, 6.07) is 15.1. The van der Waals surface area contributed by atoms with Gasteiger partial charge in [0, 0.05) is 17.5 Å². The van der Waals surface area contributed by atoms with E-state index in [9.17, 15) is 5.26 Å². The minimum absolute atomic E-state index is 0.156. The van der Waals surface area contributed by atoms with E-state index in [-0.39, 0.29) is 5.95 Å². The SMILES string of the molecule is CCc1ncoc1-c1c(-c2ccccc2C#N)nc(N)n2nc(Cc3ccccn3)nc12. The summed E-state index contributed by atoms with van der Waals surface area (Å²) in [6.45, 7) is 1.99. The van der Waals surface area contributed by atoms with Crippen LogP contribution in [0, 0.1) is 11.3 Å². The van der Waals surface area contributed by atoms with E-state index in [0.29, 0.717) is 52.5 Å². The standard InChI is InChI=1S/C23H18N8O/c1-2-17-21(32-13-27-17)19-20(16-9-4-3-7-14(16)12-24)29-23(25)31-22(19)28-18(30-31)11-15-8-5-6-10-26-15/h3-10,13H,2,11H2,1H3,(H2,25,29). The Hall–Kier alpha value is -4.58. The molecular formula is C23H18N8O. The number of aryl methyl sites for hydroxylation is 1. The largest absolute Gasteiger partial charge is 0.443 e. The number of anilines is 1. The van der Waals surface area contributed by atoms with Gasteiger partial charge in [-0.15, -0.1) is 5.10 Å². The molecule has 0 saturated heterocycles. The van der Waals surface area contributed by atoms with Gasteiger partial charge in [-0.1, -0.05) is 31.2 Å². The van der Waals surface area contributed by atoms with Crippen molar-refractivity contribution in [1.29, 1.82) is 5.26 Å². The second kappa shape index (κ2) is 7.92. The number of nitriles is 1. The van der Waals surface area contributed by atoms with Gasteiger partial charge < -0.3 is 10.2 Å². The van der Waals surface area contributed by atoms with Gasteiger partial charge in [-0.25, -0.2) is 15.0 Å². The Labute approximate surface area is 183 Å². The number of nitrogen functional groups attached to an aromatic ring is 1. The van der Waals surface area contributed by atoms with Gasteiger partial charge in [-0.3, -0.25) is 4.98 Å². The van der Waals surface area contributed by atoms with E-state index in [1.54, 1.807) is 18.3 Å². The van der Waals surface area contributed by atoms with Crippen LogP contribution in [0.25, 0.3) is 28.2 Å². The summed E-state index contributed by atoms with van der Waals surface area (Å²) >= 11 is 0. The second-order valence-electron chi connectivity index (χ2n) is 7.09. The molecule has 9 heteroatoms. The molecule has 9 nitrogen and oxygen atoms in total. The lowest BCUT2D eigenvalue weighted by molar-refractivity contribution is 0.571. The molecule has 0 bridgehead atoms. The van der Waals surface area contributed by atoms with Crippen molar-refractivity contribution in [1.82, 2.24) is 29.5 Å². The van der Waals surface area contributed by atoms with Crippen LogP contribution in [-0.4, -0.2) is 29.5 Å². The minimum Gasteiger partial charge on any atom is -0.443 e. The van der Waals surface area contributed by atoms with Crippen LogP contribution in [0.2, 0.25) is 0 Å². The lowest BCUT2D eigenvalue weighted by Crippen LogP contribution is -2.06. The number of nitrogens with zero attached hydrogens (tertiary/aromatic N) is 7. The van der Waals surface area contributed by atoms with Gasteiger partial charge in [0.1, 0.15) is 0 Å². The zero-order valence-electron chi connectivity index (χ0n) is 17.2. The zero-order chi connectivity index (χ0) is 22.1. The van der Waals surface area contributed by atoms with Crippen molar-refractivity contribution < 1.29 is 4.42 Å². The first-order valence-electron chi connectivity index (χ1n) is 10.1. The average molecular weight is 422 g/mol. The average Bonchev–Trinajstić information content (AvgIpc) is 3.47. The van der Waals surface area contributed by atoms with Crippen molar-refractivity contribution in [3.63, 3.8) is 0 Å². The number of pyridine rings is 1. The fourth-order valence-corrected chi connectivity index (χ4v) is 3.66. The van der Waals surface area contributed by atoms with Crippen molar-refractivity contribution in [3.8, 4) is 28.7 Å². The second-order valence-corrected chi connectivity index (χ2v) is 7.09. The molecule has 0 aliphatic carbocycles. The fourth-order valence-electron chi connectivity index (χ4n) is 3.66. The first-order valence-corrected chi connectivity index (χ1v) is 10.1. The third-order valence-electron chi connectivity index (χ3n) is 5.13. The molecule has 0 amide bonds. The van der Waals surface area contributed by atoms with Gasteiger partial charge in [-0.05, 0) is 24.6 Å². The van der Waals surface area contributed by atoms with Crippen molar-refractivity contribution in [2.75, 3.05) is 5.73 Å². The normalized spacial score (nSPS) is 11.0. The Bertz CT molecular complexity index is 1460. The Morgan fingerprint density at radius 3 is 2.72 bits per heavy atom. The Kier molecular flexibility index (Phi) is 4.80. The first kappa shape index (κ1) is 19.4. The highest BCUT2D eigenvalue weighted by Gasteiger charge is 2.25. The van der Waals surface area contributed by atoms with E-state index in [1.807, 2.05) is 37.3 Å². The highest BCUT2D eigenvalue weighted by atomic mass is 16.3. The molecule has 2 N–H and O–H groups in total. The predicted octanol–water partition coefficient (Wildman–Crippen LogP) is 3.45. The van der Waals surface area contributed by atoms with Crippen LogP contribution in [0.3, 0.4) is 0 Å². The Morgan fingerprint density at radius 2 is 1.94 bits per heavy atom. The number of hydrogen-bond acceptors (Lipinski definition) is 8. The summed E-state index contributed by atoms with van der Waals surface area (Å²) in [7, 11) is 0. The highest BCUT2D eigenvalue weighted by Crippen LogP contribution is 2.37. The lowest BCUT2D eigenvalue weighted by Gasteiger charge is -2.11. The van der Waals surface area contributed by atoms with E-state index >= 15 is 0 Å². The number of nitrogens with two attached hydrogens (primary N) is 1. The van der Waals surface area contributed by atoms with Gasteiger partial charge in [0.15, 0.2) is 23.6 Å². The summed E-state index contributed by atoms with van der Waals surface area (Å²) in [5.74, 6) is 1.23. The number of fused-ring (bicyclic) bond motifs is 1. The van der Waals surface area contributed by atoms with E-state index in [2.05, 4.69) is 26.1 Å². The molecule has 0 radical (unpaired) electrons. The van der Waals surface area contributed by atoms with Gasteiger partial charge >= 0.3 is 0 Å². The van der Waals surface area contributed by atoms with Crippen LogP contribution in [0.4, 0.5) is 5.95 Å². The fraction of sp³-hybridized carbons (Fsp3) is 0.130. The first-order chi connectivity index (χ1) is 15.7. The highest BCUT2D eigenvalue weighted by molar-refractivity contribution is 5.90. The number of rotatable bonds is 5. The van der Waals surface area contributed by atoms with E-state index in [1.165, 1.54) is 10.9 Å². The number of hydrogen-bond donors (Lipinski definition) is 1. The van der Waals surface area contributed by atoms with Crippen LogP contribution >= 0.6 is 0 Å². The topological polar surface area (TPSA) is 132 Å². The molecule has 0 spiro atoms. The molecule has 1 aromatic carbocycles. The Morgan fingerprint density at radius 1 is 1.09 bits per heavy atom. The summed E-state index contributed by atoms with van der Waals surface area (Å²) in [5.41, 5.74) is 10.5. The van der Waals surface area contributed by atoms with E-state index in [0.717, 1.165) is 11.4 Å². The molecule has 0 unspecified atom stereocenters. The summed E-state index contributed by atoms with van der Waals surface area (Å²) in [4.78, 5) is 18.1. The maximum Gasteiger partial charge on any atom is 0.223 e. The predicted molar refractivity (Wildman–Crippen MR) is 117 cm³/mol. The molecule has 156 valence electrons. The van der Waals surface area contributed by atoms with Gasteiger partial charge in [0.25, 0.3) is 0 Å². The maximum absolute atomic E-state index is 9.67. The minimum atomic E-state index is 0.156. The zero-order valence-corrected chi connectivity index (χ0v) is 17.2. The monoisotopic (exact) mass is 422 g/mol. The molecule has 4 aromatic heterocycles. The van der Waals surface area contributed by atoms with Crippen molar-refractivity contribution in [2.45, 2.75) is 19.8 Å². The van der Waals surface area contributed by atoms with Crippen molar-refractivity contribution >= 4 is 11.6 Å². The summed E-state index contributed by atoms with van der Waals surface area (Å²) in [6.07, 6.45) is 4.21. The molecule has 5 aromatic rings. The molecule has 4 heterocycles. The third-order valence-corrected chi connectivity index (χ3v) is 5.13. The van der Waals surface area contributed by atoms with E-state index in [4.69, 9.17) is 15.1 Å². The van der Waals surface area contributed by atoms with Crippen LogP contribution in [0.1, 0.15) is 29.7 Å². The van der Waals surface area contributed by atoms with Gasteiger partial charge in [-0.2, -0.15) is 9.78 Å². The molecule has 0 aliphatic heterocycles. The molecular weight excluding hydrogens is 404 g/mol. The smallest absolute Gasteiger partial charge is 0.223 e. The molecule has 5 rings (SSSR count). The van der Waals surface area contributed by atoms with E-state index < -0.39 is 0 Å². The maximum atomic E-state index is 9.67. The van der Waals surface area contributed by atoms with Gasteiger partial charge in [0.05, 0.1) is 35.0 Å². The van der Waals surface area contributed by atoms with Gasteiger partial charge in [0.2, 0.25) is 5.95 Å². The molecule has 0 fully saturated rings. The number of benzene rings is 1. The van der Waals surface area contributed by atoms with Crippen LogP contribution in [-0.2, 0) is 12.8 Å². The molecule has 0 aliphatic rings.